The largest absolute Gasteiger partial charge is 0.484 e. The van der Waals surface area contributed by atoms with Crippen molar-refractivity contribution in [2.75, 3.05) is 26.2 Å². The second-order valence-corrected chi connectivity index (χ2v) is 6.94. The summed E-state index contributed by atoms with van der Waals surface area (Å²) in [5, 5.41) is 2.99. The number of ether oxygens (including phenoxy) is 1. The molecule has 1 unspecified atom stereocenters. The summed E-state index contributed by atoms with van der Waals surface area (Å²) in [6.45, 7) is 6.64. The molecule has 2 amide bonds. The molecular formula is C23H31N3O3. The molecule has 3 N–H and O–H groups in total. The monoisotopic (exact) mass is 397 g/mol. The molecular weight excluding hydrogens is 366 g/mol. The Morgan fingerprint density at radius 2 is 1.66 bits per heavy atom. The van der Waals surface area contributed by atoms with E-state index in [2.05, 4.69) is 36.2 Å². The Balaban J connectivity index is 1.84. The summed E-state index contributed by atoms with van der Waals surface area (Å²) in [7, 11) is 0. The highest BCUT2D eigenvalue weighted by Gasteiger charge is 2.17. The summed E-state index contributed by atoms with van der Waals surface area (Å²) in [5.41, 5.74) is 7.25. The molecule has 0 spiro atoms. The van der Waals surface area contributed by atoms with Crippen LogP contribution in [-0.2, 0) is 22.4 Å². The fourth-order valence-electron chi connectivity index (χ4n) is 3.29. The zero-order valence-electron chi connectivity index (χ0n) is 17.3. The molecule has 0 radical (unpaired) electrons. The highest BCUT2D eigenvalue weighted by Crippen LogP contribution is 2.12. The van der Waals surface area contributed by atoms with E-state index < -0.39 is 0 Å². The third-order valence-corrected chi connectivity index (χ3v) is 4.85. The molecule has 0 bridgehead atoms. The van der Waals surface area contributed by atoms with E-state index in [4.69, 9.17) is 10.5 Å². The van der Waals surface area contributed by atoms with Crippen LogP contribution in [0.5, 0.6) is 5.75 Å². The lowest BCUT2D eigenvalue weighted by Gasteiger charge is -2.30. The van der Waals surface area contributed by atoms with Crippen LogP contribution in [0.15, 0.2) is 54.6 Å². The number of nitrogens with zero attached hydrogens (tertiary/aromatic N) is 1. The molecule has 2 aromatic rings. The van der Waals surface area contributed by atoms with Gasteiger partial charge >= 0.3 is 0 Å². The molecule has 0 aliphatic rings. The Morgan fingerprint density at radius 3 is 2.24 bits per heavy atom. The topological polar surface area (TPSA) is 84.7 Å². The van der Waals surface area contributed by atoms with Gasteiger partial charge in [0.15, 0.2) is 6.61 Å². The number of rotatable bonds is 12. The van der Waals surface area contributed by atoms with Gasteiger partial charge in [-0.25, -0.2) is 0 Å². The molecule has 0 aromatic heterocycles. The maximum atomic E-state index is 12.3. The lowest BCUT2D eigenvalue weighted by molar-refractivity contribution is -0.123. The first-order chi connectivity index (χ1) is 14.0. The number of carbonyl (C=O) groups excluding carboxylic acids is 2. The van der Waals surface area contributed by atoms with Gasteiger partial charge in [0.05, 0.1) is 6.42 Å². The fourth-order valence-corrected chi connectivity index (χ4v) is 3.29. The molecule has 0 fully saturated rings. The zero-order chi connectivity index (χ0) is 21.1. The van der Waals surface area contributed by atoms with Gasteiger partial charge in [-0.05, 0) is 42.8 Å². The molecule has 6 heteroatoms. The third-order valence-electron chi connectivity index (χ3n) is 4.85. The number of benzene rings is 2. The number of primary amides is 1. The van der Waals surface area contributed by atoms with Crippen LogP contribution in [0.3, 0.4) is 0 Å². The van der Waals surface area contributed by atoms with Crippen LogP contribution in [0.2, 0.25) is 0 Å². The van der Waals surface area contributed by atoms with Crippen molar-refractivity contribution in [3.05, 3.63) is 65.7 Å². The Kier molecular flexibility index (Phi) is 9.18. The van der Waals surface area contributed by atoms with Crippen molar-refractivity contribution >= 4 is 11.8 Å². The van der Waals surface area contributed by atoms with E-state index in [0.717, 1.165) is 25.1 Å². The van der Waals surface area contributed by atoms with Crippen molar-refractivity contribution in [1.29, 1.82) is 0 Å². The molecule has 2 rings (SSSR count). The average molecular weight is 398 g/mol. The maximum absolute atomic E-state index is 12.3. The van der Waals surface area contributed by atoms with E-state index >= 15 is 0 Å². The van der Waals surface area contributed by atoms with Gasteiger partial charge in [0.25, 0.3) is 5.91 Å². The Morgan fingerprint density at radius 1 is 1.00 bits per heavy atom. The van der Waals surface area contributed by atoms with Gasteiger partial charge in [0.2, 0.25) is 5.91 Å². The van der Waals surface area contributed by atoms with Crippen molar-refractivity contribution in [3.8, 4) is 5.75 Å². The lowest BCUT2D eigenvalue weighted by Crippen LogP contribution is -2.46. The van der Waals surface area contributed by atoms with Gasteiger partial charge in [0, 0.05) is 12.6 Å². The SMILES string of the molecule is CCN(CC)C(CNC(=O)COc1ccc(CC(N)=O)cc1)Cc1ccccc1. The highest BCUT2D eigenvalue weighted by molar-refractivity contribution is 5.77. The minimum absolute atomic E-state index is 0.0501. The van der Waals surface area contributed by atoms with E-state index in [1.165, 1.54) is 5.56 Å². The first-order valence-electron chi connectivity index (χ1n) is 10.1. The first-order valence-corrected chi connectivity index (χ1v) is 10.1. The van der Waals surface area contributed by atoms with Crippen LogP contribution >= 0.6 is 0 Å². The minimum Gasteiger partial charge on any atom is -0.484 e. The quantitative estimate of drug-likeness (QED) is 0.575. The summed E-state index contributed by atoms with van der Waals surface area (Å²) in [5.74, 6) is 0.0469. The minimum atomic E-state index is -0.378. The van der Waals surface area contributed by atoms with Crippen LogP contribution in [-0.4, -0.2) is 49.0 Å². The van der Waals surface area contributed by atoms with Crippen molar-refractivity contribution in [2.45, 2.75) is 32.7 Å². The van der Waals surface area contributed by atoms with E-state index in [1.54, 1.807) is 24.3 Å². The maximum Gasteiger partial charge on any atom is 0.257 e. The number of hydrogen-bond donors (Lipinski definition) is 2. The Bertz CT molecular complexity index is 759. The number of carbonyl (C=O) groups is 2. The number of nitrogens with two attached hydrogens (primary N) is 1. The summed E-state index contributed by atoms with van der Waals surface area (Å²) in [6.07, 6.45) is 1.07. The first kappa shape index (κ1) is 22.4. The van der Waals surface area contributed by atoms with Crippen LogP contribution in [0.4, 0.5) is 0 Å². The summed E-state index contributed by atoms with van der Waals surface area (Å²) in [6, 6.07) is 17.6. The van der Waals surface area contributed by atoms with Gasteiger partial charge in [-0.2, -0.15) is 0 Å². The number of likely N-dealkylation sites (N-methyl/N-ethyl adjacent to an activating group) is 1. The summed E-state index contributed by atoms with van der Waals surface area (Å²) < 4.78 is 5.55. The molecule has 1 atom stereocenters. The smallest absolute Gasteiger partial charge is 0.257 e. The lowest BCUT2D eigenvalue weighted by atomic mass is 10.0. The van der Waals surface area contributed by atoms with E-state index in [9.17, 15) is 9.59 Å². The molecule has 0 saturated heterocycles. The molecule has 2 aromatic carbocycles. The second-order valence-electron chi connectivity index (χ2n) is 6.94. The highest BCUT2D eigenvalue weighted by atomic mass is 16.5. The second kappa shape index (κ2) is 11.9. The van der Waals surface area contributed by atoms with Gasteiger partial charge < -0.3 is 15.8 Å². The summed E-state index contributed by atoms with van der Waals surface area (Å²) in [4.78, 5) is 25.6. The van der Waals surface area contributed by atoms with Crippen molar-refractivity contribution in [1.82, 2.24) is 10.2 Å². The van der Waals surface area contributed by atoms with Gasteiger partial charge in [-0.3, -0.25) is 14.5 Å². The van der Waals surface area contributed by atoms with Crippen LogP contribution in [0.25, 0.3) is 0 Å². The fraction of sp³-hybridized carbons (Fsp3) is 0.391. The number of nitrogens with one attached hydrogen (secondary N) is 1. The normalized spacial score (nSPS) is 11.8. The van der Waals surface area contributed by atoms with Crippen LogP contribution in [0, 0.1) is 0 Å². The van der Waals surface area contributed by atoms with Gasteiger partial charge in [-0.1, -0.05) is 56.3 Å². The van der Waals surface area contributed by atoms with Crippen LogP contribution in [0.1, 0.15) is 25.0 Å². The molecule has 29 heavy (non-hydrogen) atoms. The Labute approximate surface area is 173 Å². The molecule has 0 heterocycles. The predicted octanol–water partition coefficient (Wildman–Crippen LogP) is 2.16. The molecule has 6 nitrogen and oxygen atoms in total. The molecule has 0 aliphatic heterocycles. The average Bonchev–Trinajstić information content (AvgIpc) is 2.72. The number of hydrogen-bond acceptors (Lipinski definition) is 4. The van der Waals surface area contributed by atoms with Crippen molar-refractivity contribution in [2.24, 2.45) is 5.73 Å². The van der Waals surface area contributed by atoms with Crippen LogP contribution < -0.4 is 15.8 Å². The van der Waals surface area contributed by atoms with E-state index in [0.29, 0.717) is 12.3 Å². The molecule has 0 aliphatic carbocycles. The zero-order valence-corrected chi connectivity index (χ0v) is 17.3. The third kappa shape index (κ3) is 7.95. The Hall–Kier alpha value is -2.86. The van der Waals surface area contributed by atoms with Crippen molar-refractivity contribution < 1.29 is 14.3 Å². The van der Waals surface area contributed by atoms with Gasteiger partial charge in [-0.15, -0.1) is 0 Å². The summed E-state index contributed by atoms with van der Waals surface area (Å²) >= 11 is 0. The molecule has 0 saturated carbocycles. The van der Waals surface area contributed by atoms with Crippen molar-refractivity contribution in [3.63, 3.8) is 0 Å². The standard InChI is InChI=1S/C23H31N3O3/c1-3-26(4-2)20(14-18-8-6-5-7-9-18)16-25-23(28)17-29-21-12-10-19(11-13-21)15-22(24)27/h5-13,20H,3-4,14-17H2,1-2H3,(H2,24,27)(H,25,28). The van der Waals surface area contributed by atoms with E-state index in [-0.39, 0.29) is 30.9 Å². The number of amides is 2. The predicted molar refractivity (Wildman–Crippen MR) is 115 cm³/mol. The molecule has 156 valence electrons. The van der Waals surface area contributed by atoms with E-state index in [1.807, 2.05) is 18.2 Å². The van der Waals surface area contributed by atoms with Gasteiger partial charge in [0.1, 0.15) is 5.75 Å².